The minimum absolute atomic E-state index is 0.0661. The van der Waals surface area contributed by atoms with Crippen molar-refractivity contribution in [3.8, 4) is 0 Å². The highest BCUT2D eigenvalue weighted by atomic mass is 32.2. The number of aryl methyl sites for hydroxylation is 1. The Morgan fingerprint density at radius 2 is 1.83 bits per heavy atom. The molecule has 0 amide bonds. The summed E-state index contributed by atoms with van der Waals surface area (Å²) in [5, 5.41) is 14.4. The summed E-state index contributed by atoms with van der Waals surface area (Å²) in [7, 11) is -3.73. The van der Waals surface area contributed by atoms with Gasteiger partial charge in [0, 0.05) is 37.6 Å². The number of nitro groups is 1. The summed E-state index contributed by atoms with van der Waals surface area (Å²) in [5.74, 6) is 0. The molecule has 2 aromatic rings. The third kappa shape index (κ3) is 5.31. The van der Waals surface area contributed by atoms with E-state index in [4.69, 9.17) is 4.74 Å². The van der Waals surface area contributed by atoms with Crippen LogP contribution in [0.1, 0.15) is 17.2 Å². The Morgan fingerprint density at radius 1 is 1.17 bits per heavy atom. The normalized spacial score (nSPS) is 16.3. The van der Waals surface area contributed by atoms with E-state index in [1.807, 2.05) is 6.92 Å². The molecule has 0 aromatic heterocycles. The lowest BCUT2D eigenvalue weighted by Gasteiger charge is -2.35. The van der Waals surface area contributed by atoms with Gasteiger partial charge in [-0.05, 0) is 24.6 Å². The maximum absolute atomic E-state index is 12.0. The predicted octanol–water partition coefficient (Wildman–Crippen LogP) is 2.79. The molecule has 0 spiro atoms. The molecular formula is C20H25N3O5S. The molecular weight excluding hydrogens is 394 g/mol. The zero-order valence-electron chi connectivity index (χ0n) is 16.5. The minimum Gasteiger partial charge on any atom is -0.383 e. The van der Waals surface area contributed by atoms with Crippen LogP contribution >= 0.6 is 0 Å². The molecule has 1 saturated heterocycles. The average Bonchev–Trinajstić information content (AvgIpc) is 2.69. The number of hydrogen-bond acceptors (Lipinski definition) is 7. The van der Waals surface area contributed by atoms with Gasteiger partial charge in [0.25, 0.3) is 5.69 Å². The highest BCUT2D eigenvalue weighted by Crippen LogP contribution is 2.28. The number of nitrogens with one attached hydrogen (secondary N) is 1. The SMILES string of the molecule is Cc1ccc(C(CNc2ccc([N+](=O)[O-])c(S(C)(=O)=O)c2)N2CCOCC2)cc1. The number of nitro benzene ring substituents is 1. The molecule has 0 radical (unpaired) electrons. The number of sulfone groups is 1. The molecule has 1 heterocycles. The van der Waals surface area contributed by atoms with E-state index in [1.165, 1.54) is 17.7 Å². The maximum Gasteiger partial charge on any atom is 0.288 e. The van der Waals surface area contributed by atoms with Crippen molar-refractivity contribution in [1.82, 2.24) is 4.90 Å². The van der Waals surface area contributed by atoms with Gasteiger partial charge in [-0.3, -0.25) is 15.0 Å². The molecule has 8 nitrogen and oxygen atoms in total. The van der Waals surface area contributed by atoms with E-state index in [2.05, 4.69) is 34.5 Å². The first-order valence-electron chi connectivity index (χ1n) is 9.36. The second-order valence-corrected chi connectivity index (χ2v) is 9.15. The van der Waals surface area contributed by atoms with Gasteiger partial charge in [0.15, 0.2) is 9.84 Å². The van der Waals surface area contributed by atoms with E-state index in [-0.39, 0.29) is 10.9 Å². The minimum atomic E-state index is -3.73. The van der Waals surface area contributed by atoms with E-state index in [0.717, 1.165) is 24.9 Å². The zero-order chi connectivity index (χ0) is 21.0. The van der Waals surface area contributed by atoms with Crippen LogP contribution < -0.4 is 5.32 Å². The van der Waals surface area contributed by atoms with E-state index >= 15 is 0 Å². The molecule has 1 fully saturated rings. The van der Waals surface area contributed by atoms with Crippen LogP contribution in [0, 0.1) is 17.0 Å². The lowest BCUT2D eigenvalue weighted by molar-refractivity contribution is -0.387. The third-order valence-electron chi connectivity index (χ3n) is 5.00. The highest BCUT2D eigenvalue weighted by molar-refractivity contribution is 7.90. The summed E-state index contributed by atoms with van der Waals surface area (Å²) in [4.78, 5) is 12.5. The Labute approximate surface area is 170 Å². The van der Waals surface area contributed by atoms with Crippen LogP contribution in [-0.2, 0) is 14.6 Å². The molecule has 0 aliphatic carbocycles. The Bertz CT molecular complexity index is 970. The van der Waals surface area contributed by atoms with Crippen molar-refractivity contribution in [3.63, 3.8) is 0 Å². The molecule has 1 atom stereocenters. The number of anilines is 1. The lowest BCUT2D eigenvalue weighted by Crippen LogP contribution is -2.41. The first kappa shape index (κ1) is 21.2. The fourth-order valence-corrected chi connectivity index (χ4v) is 4.29. The van der Waals surface area contributed by atoms with Crippen molar-refractivity contribution >= 4 is 21.2 Å². The van der Waals surface area contributed by atoms with Gasteiger partial charge in [-0.1, -0.05) is 29.8 Å². The molecule has 2 aromatic carbocycles. The second-order valence-electron chi connectivity index (χ2n) is 7.17. The monoisotopic (exact) mass is 419 g/mol. The van der Waals surface area contributed by atoms with Gasteiger partial charge in [-0.15, -0.1) is 0 Å². The van der Waals surface area contributed by atoms with Gasteiger partial charge in [0.1, 0.15) is 4.90 Å². The Kier molecular flexibility index (Phi) is 6.51. The molecule has 3 rings (SSSR count). The van der Waals surface area contributed by atoms with Crippen LogP contribution in [0.4, 0.5) is 11.4 Å². The van der Waals surface area contributed by atoms with Crippen LogP contribution in [0.25, 0.3) is 0 Å². The maximum atomic E-state index is 12.0. The van der Waals surface area contributed by atoms with Gasteiger partial charge in [0.2, 0.25) is 0 Å². The Hall–Kier alpha value is -2.49. The second kappa shape index (κ2) is 8.89. The number of morpholine rings is 1. The van der Waals surface area contributed by atoms with Crippen LogP contribution in [-0.4, -0.2) is 57.3 Å². The van der Waals surface area contributed by atoms with Crippen LogP contribution in [0.3, 0.4) is 0 Å². The molecule has 1 aliphatic heterocycles. The quantitative estimate of drug-likeness (QED) is 0.544. The molecule has 0 saturated carbocycles. The Morgan fingerprint density at radius 3 is 2.41 bits per heavy atom. The van der Waals surface area contributed by atoms with Crippen molar-refractivity contribution < 1.29 is 18.1 Å². The average molecular weight is 420 g/mol. The number of nitrogens with zero attached hydrogens (tertiary/aromatic N) is 2. The third-order valence-corrected chi connectivity index (χ3v) is 6.13. The van der Waals surface area contributed by atoms with Gasteiger partial charge >= 0.3 is 0 Å². The lowest BCUT2D eigenvalue weighted by atomic mass is 10.0. The standard InChI is InChI=1S/C20H25N3O5S/c1-15-3-5-16(6-4-15)19(22-9-11-28-12-10-22)14-21-17-7-8-18(23(24)25)20(13-17)29(2,26)27/h3-8,13,19,21H,9-12,14H2,1-2H3. The van der Waals surface area contributed by atoms with E-state index in [0.29, 0.717) is 25.4 Å². The summed E-state index contributed by atoms with van der Waals surface area (Å²) < 4.78 is 29.5. The fraction of sp³-hybridized carbons (Fsp3) is 0.400. The van der Waals surface area contributed by atoms with Gasteiger partial charge in [0.05, 0.1) is 24.2 Å². The number of rotatable bonds is 7. The van der Waals surface area contributed by atoms with Crippen LogP contribution in [0.5, 0.6) is 0 Å². The van der Waals surface area contributed by atoms with Crippen molar-refractivity contribution in [1.29, 1.82) is 0 Å². The van der Waals surface area contributed by atoms with Crippen LogP contribution in [0.2, 0.25) is 0 Å². The van der Waals surface area contributed by atoms with Gasteiger partial charge < -0.3 is 10.1 Å². The highest BCUT2D eigenvalue weighted by Gasteiger charge is 2.25. The number of ether oxygens (including phenoxy) is 1. The summed E-state index contributed by atoms with van der Waals surface area (Å²) in [5.41, 5.74) is 2.44. The molecule has 29 heavy (non-hydrogen) atoms. The first-order valence-corrected chi connectivity index (χ1v) is 11.3. The van der Waals surface area contributed by atoms with E-state index in [9.17, 15) is 18.5 Å². The summed E-state index contributed by atoms with van der Waals surface area (Å²) >= 11 is 0. The topological polar surface area (TPSA) is 102 Å². The largest absolute Gasteiger partial charge is 0.383 e. The number of hydrogen-bond donors (Lipinski definition) is 1. The molecule has 0 bridgehead atoms. The smallest absolute Gasteiger partial charge is 0.288 e. The Balaban J connectivity index is 1.85. The number of benzene rings is 2. The fourth-order valence-electron chi connectivity index (χ4n) is 3.42. The van der Waals surface area contributed by atoms with E-state index in [1.54, 1.807) is 6.07 Å². The van der Waals surface area contributed by atoms with Crippen molar-refractivity contribution in [2.75, 3.05) is 44.4 Å². The summed E-state index contributed by atoms with van der Waals surface area (Å²) in [6.07, 6.45) is 0.974. The zero-order valence-corrected chi connectivity index (χ0v) is 17.3. The summed E-state index contributed by atoms with van der Waals surface area (Å²) in [6, 6.07) is 12.5. The molecule has 9 heteroatoms. The summed E-state index contributed by atoms with van der Waals surface area (Å²) in [6.45, 7) is 5.50. The molecule has 1 N–H and O–H groups in total. The van der Waals surface area contributed by atoms with Crippen molar-refractivity contribution in [3.05, 3.63) is 63.7 Å². The van der Waals surface area contributed by atoms with Gasteiger partial charge in [-0.2, -0.15) is 0 Å². The first-order chi connectivity index (χ1) is 13.8. The molecule has 156 valence electrons. The molecule has 1 aliphatic rings. The molecule has 1 unspecified atom stereocenters. The van der Waals surface area contributed by atoms with Crippen LogP contribution in [0.15, 0.2) is 47.4 Å². The predicted molar refractivity (Wildman–Crippen MR) is 111 cm³/mol. The van der Waals surface area contributed by atoms with E-state index < -0.39 is 20.4 Å². The van der Waals surface area contributed by atoms with Gasteiger partial charge in [-0.25, -0.2) is 8.42 Å². The van der Waals surface area contributed by atoms with Crippen molar-refractivity contribution in [2.24, 2.45) is 0 Å². The van der Waals surface area contributed by atoms with Crippen molar-refractivity contribution in [2.45, 2.75) is 17.9 Å².